The molecule has 0 fully saturated rings. The Balaban J connectivity index is 2.74. The second-order valence-electron chi connectivity index (χ2n) is 2.74. The van der Waals surface area contributed by atoms with E-state index in [1.807, 2.05) is 18.2 Å². The van der Waals surface area contributed by atoms with Crippen LogP contribution in [0.3, 0.4) is 0 Å². The number of hydrogen-bond donors (Lipinski definition) is 2. The molecular weight excluding hydrogens is 245 g/mol. The summed E-state index contributed by atoms with van der Waals surface area (Å²) in [6.07, 6.45) is -1.02. The molecule has 0 radical (unpaired) electrons. The molecule has 0 aromatic heterocycles. The van der Waals surface area contributed by atoms with Gasteiger partial charge in [-0.05, 0) is 0 Å². The Bertz CT molecular complexity index is 341. The summed E-state index contributed by atoms with van der Waals surface area (Å²) in [5.74, 6) is 0.801. The molecule has 14 heavy (non-hydrogen) atoms. The fourth-order valence-corrected chi connectivity index (χ4v) is 1.67. The molecule has 0 aliphatic heterocycles. The third-order valence-electron chi connectivity index (χ3n) is 1.74. The summed E-state index contributed by atoms with van der Waals surface area (Å²) in [4.78, 5) is 10.3. The summed E-state index contributed by atoms with van der Waals surface area (Å²) in [6, 6.07) is 5.65. The van der Waals surface area contributed by atoms with Crippen LogP contribution in [0.15, 0.2) is 18.2 Å². The number of carboxylic acid groups (broad SMARTS) is 1. The first-order valence-corrected chi connectivity index (χ1v) is 5.24. The van der Waals surface area contributed by atoms with Crippen LogP contribution in [0.2, 0.25) is 0 Å². The van der Waals surface area contributed by atoms with Crippen LogP contribution in [0.25, 0.3) is 0 Å². The van der Waals surface area contributed by atoms with Gasteiger partial charge in [-0.2, -0.15) is 0 Å². The molecule has 0 bridgehead atoms. The number of rotatable bonds is 3. The number of hydrogen-bond acceptors (Lipinski definition) is 2. The first-order valence-electron chi connectivity index (χ1n) is 4.02. The van der Waals surface area contributed by atoms with Crippen LogP contribution >= 0.6 is 0 Å². The molecule has 2 N–H and O–H groups in total. The Hall–Kier alpha value is -1.15. The molecule has 0 aliphatic carbocycles. The van der Waals surface area contributed by atoms with Gasteiger partial charge in [-0.15, -0.1) is 0 Å². The average molecular weight is 257 g/mol. The van der Waals surface area contributed by atoms with Gasteiger partial charge in [0.2, 0.25) is 0 Å². The Kier molecular flexibility index (Phi) is 3.83. The summed E-state index contributed by atoms with van der Waals surface area (Å²) in [7, 11) is 1.60. The molecule has 4 nitrogen and oxygen atoms in total. The second kappa shape index (κ2) is 4.91. The molecular formula is C9H12AsNO3. The molecule has 1 atom stereocenters. The first-order chi connectivity index (χ1) is 6.63. The molecule has 1 rings (SSSR count). The number of nitrogens with one attached hydrogen (secondary N) is 1. The van der Waals surface area contributed by atoms with Crippen LogP contribution in [-0.4, -0.2) is 35.2 Å². The van der Waals surface area contributed by atoms with Crippen molar-refractivity contribution in [1.82, 2.24) is 5.32 Å². The number of methoxy groups -OCH3 is 1. The summed E-state index contributed by atoms with van der Waals surface area (Å²) < 4.78 is 6.23. The van der Waals surface area contributed by atoms with Crippen molar-refractivity contribution in [2.45, 2.75) is 6.54 Å². The quantitative estimate of drug-likeness (QED) is 0.732. The van der Waals surface area contributed by atoms with Crippen LogP contribution < -0.4 is 14.4 Å². The molecule has 1 unspecified atom stereocenters. The van der Waals surface area contributed by atoms with Crippen LogP contribution in [-0.2, 0) is 6.54 Å². The average Bonchev–Trinajstić information content (AvgIpc) is 2.16. The van der Waals surface area contributed by atoms with Crippen molar-refractivity contribution in [3.8, 4) is 5.75 Å². The third-order valence-corrected chi connectivity index (χ3v) is 2.74. The minimum atomic E-state index is -1.02. The molecule has 1 amide bonds. The zero-order valence-corrected chi connectivity index (χ0v) is 10.2. The van der Waals surface area contributed by atoms with Gasteiger partial charge in [-0.3, -0.25) is 0 Å². The van der Waals surface area contributed by atoms with E-state index in [2.05, 4.69) is 5.32 Å². The van der Waals surface area contributed by atoms with Gasteiger partial charge in [0, 0.05) is 0 Å². The molecule has 0 spiro atoms. The molecule has 0 heterocycles. The van der Waals surface area contributed by atoms with Gasteiger partial charge >= 0.3 is 90.4 Å². The maximum atomic E-state index is 10.3. The topological polar surface area (TPSA) is 58.6 Å². The van der Waals surface area contributed by atoms with Crippen molar-refractivity contribution in [3.63, 3.8) is 0 Å². The van der Waals surface area contributed by atoms with E-state index < -0.39 is 6.09 Å². The van der Waals surface area contributed by atoms with Crippen molar-refractivity contribution >= 4 is 27.3 Å². The monoisotopic (exact) mass is 257 g/mol. The predicted molar refractivity (Wildman–Crippen MR) is 56.0 cm³/mol. The van der Waals surface area contributed by atoms with Crippen molar-refractivity contribution in [3.05, 3.63) is 23.8 Å². The number of ether oxygens (including phenoxy) is 1. The summed E-state index contributed by atoms with van der Waals surface area (Å²) in [5, 5.41) is 10.7. The van der Waals surface area contributed by atoms with Crippen molar-refractivity contribution < 1.29 is 14.6 Å². The zero-order chi connectivity index (χ0) is 10.6. The van der Waals surface area contributed by atoms with Crippen molar-refractivity contribution in [2.75, 3.05) is 7.11 Å². The Morgan fingerprint density at radius 1 is 1.64 bits per heavy atom. The maximum absolute atomic E-state index is 10.3. The molecule has 0 saturated heterocycles. The zero-order valence-electron chi connectivity index (χ0n) is 7.78. The number of benzene rings is 1. The van der Waals surface area contributed by atoms with Crippen LogP contribution in [0.1, 0.15) is 5.56 Å². The van der Waals surface area contributed by atoms with E-state index in [9.17, 15) is 4.79 Å². The Morgan fingerprint density at radius 2 is 2.36 bits per heavy atom. The fourth-order valence-electron chi connectivity index (χ4n) is 1.04. The first kappa shape index (κ1) is 10.9. The van der Waals surface area contributed by atoms with E-state index in [0.717, 1.165) is 15.7 Å². The number of carbonyl (C=O) groups is 1. The van der Waals surface area contributed by atoms with E-state index in [1.165, 1.54) is 16.9 Å². The van der Waals surface area contributed by atoms with Gasteiger partial charge in [0.05, 0.1) is 0 Å². The summed E-state index contributed by atoms with van der Waals surface area (Å²) in [5.41, 5.74) is 0.894. The predicted octanol–water partition coefficient (Wildman–Crippen LogP) is -0.279. The van der Waals surface area contributed by atoms with Gasteiger partial charge in [0.15, 0.2) is 0 Å². The normalized spacial score (nSPS) is 9.57. The van der Waals surface area contributed by atoms with Crippen LogP contribution in [0.4, 0.5) is 4.79 Å². The van der Waals surface area contributed by atoms with Crippen LogP contribution in [0.5, 0.6) is 5.75 Å². The Labute approximate surface area is 90.8 Å². The van der Waals surface area contributed by atoms with Crippen molar-refractivity contribution in [2.24, 2.45) is 0 Å². The molecule has 76 valence electrons. The van der Waals surface area contributed by atoms with E-state index in [0.29, 0.717) is 6.54 Å². The van der Waals surface area contributed by atoms with Gasteiger partial charge < -0.3 is 0 Å². The van der Waals surface area contributed by atoms with Crippen molar-refractivity contribution in [1.29, 1.82) is 0 Å². The summed E-state index contributed by atoms with van der Waals surface area (Å²) in [6.45, 7) is 0.305. The summed E-state index contributed by atoms with van der Waals surface area (Å²) >= 11 is 1.48. The van der Waals surface area contributed by atoms with E-state index >= 15 is 0 Å². The van der Waals surface area contributed by atoms with Gasteiger partial charge in [0.1, 0.15) is 0 Å². The second-order valence-corrected chi connectivity index (χ2v) is 4.04. The molecule has 0 saturated carbocycles. The molecule has 5 heteroatoms. The number of amides is 1. The standard InChI is InChI=1S/C9H12AsNO3/c1-14-8-4-6(2-3-7(8)10)5-11-9(12)13/h2-4,11H,5,10H2,1H3,(H,12,13). The molecule has 1 aromatic carbocycles. The van der Waals surface area contributed by atoms with E-state index in [1.54, 1.807) is 7.11 Å². The third kappa shape index (κ3) is 2.96. The SMILES string of the molecule is COc1cc(CNC(=O)O)ccc1[AsH2]. The van der Waals surface area contributed by atoms with E-state index in [-0.39, 0.29) is 0 Å². The van der Waals surface area contributed by atoms with Gasteiger partial charge in [-0.25, -0.2) is 0 Å². The van der Waals surface area contributed by atoms with E-state index in [4.69, 9.17) is 9.84 Å². The van der Waals surface area contributed by atoms with Gasteiger partial charge in [-0.1, -0.05) is 0 Å². The van der Waals surface area contributed by atoms with Crippen LogP contribution in [0, 0.1) is 0 Å². The van der Waals surface area contributed by atoms with Gasteiger partial charge in [0.25, 0.3) is 0 Å². The molecule has 1 aromatic rings. The minimum absolute atomic E-state index is 0.305. The fraction of sp³-hybridized carbons (Fsp3) is 0.222. The molecule has 0 aliphatic rings. The Morgan fingerprint density at radius 3 is 2.93 bits per heavy atom.